The average molecular weight is 552 g/mol. The summed E-state index contributed by atoms with van der Waals surface area (Å²) in [5.41, 5.74) is -0.500. The molecule has 1 aliphatic rings. The smallest absolute Gasteiger partial charge is 0.378 e. The van der Waals surface area contributed by atoms with E-state index in [9.17, 15) is 21.6 Å². The standard InChI is InChI=1S/C20H18ClF4N5O3S2/c21-18-27-5-4-13(28-18)17-16(29-19(34-17)30-6-8-33-9-7-30)12-3-1-2-11(15(12)22)14(35(26,31)32)10-20(23,24)25/h1-5,14H,6-10H2,(H2,26,31,32). The minimum atomic E-state index is -4.90. The number of hydrogen-bond donors (Lipinski definition) is 1. The Hall–Kier alpha value is -2.39. The molecule has 1 fully saturated rings. The number of anilines is 1. The van der Waals surface area contributed by atoms with Gasteiger partial charge in [0.25, 0.3) is 0 Å². The second kappa shape index (κ2) is 9.93. The number of aromatic nitrogens is 3. The summed E-state index contributed by atoms with van der Waals surface area (Å²) in [6.07, 6.45) is -5.33. The molecule has 0 amide bonds. The Morgan fingerprint density at radius 2 is 1.91 bits per heavy atom. The number of thiazole rings is 1. The van der Waals surface area contributed by atoms with Crippen LogP contribution < -0.4 is 10.0 Å². The first kappa shape index (κ1) is 25.7. The molecule has 1 atom stereocenters. The van der Waals surface area contributed by atoms with Crippen LogP contribution in [0.1, 0.15) is 17.2 Å². The highest BCUT2D eigenvalue weighted by Crippen LogP contribution is 2.43. The third-order valence-corrected chi connectivity index (χ3v) is 7.73. The van der Waals surface area contributed by atoms with Crippen molar-refractivity contribution in [2.45, 2.75) is 17.8 Å². The summed E-state index contributed by atoms with van der Waals surface area (Å²) in [6.45, 7) is 1.97. The van der Waals surface area contributed by atoms with Crippen LogP contribution in [0.15, 0.2) is 30.5 Å². The highest BCUT2D eigenvalue weighted by atomic mass is 35.5. The molecule has 188 valence electrons. The molecule has 8 nitrogen and oxygen atoms in total. The molecule has 0 radical (unpaired) electrons. The number of hydrogen-bond acceptors (Lipinski definition) is 8. The van der Waals surface area contributed by atoms with E-state index in [2.05, 4.69) is 15.0 Å². The highest BCUT2D eigenvalue weighted by molar-refractivity contribution is 7.89. The molecule has 35 heavy (non-hydrogen) atoms. The van der Waals surface area contributed by atoms with E-state index >= 15 is 4.39 Å². The van der Waals surface area contributed by atoms with Crippen molar-refractivity contribution in [2.75, 3.05) is 31.2 Å². The maximum atomic E-state index is 15.7. The van der Waals surface area contributed by atoms with Gasteiger partial charge in [-0.05, 0) is 23.7 Å². The second-order valence-corrected chi connectivity index (χ2v) is 10.7. The molecule has 15 heteroatoms. The van der Waals surface area contributed by atoms with Crippen LogP contribution in [0.2, 0.25) is 5.28 Å². The quantitative estimate of drug-likeness (QED) is 0.361. The van der Waals surface area contributed by atoms with E-state index in [1.54, 1.807) is 0 Å². The van der Waals surface area contributed by atoms with Crippen molar-refractivity contribution in [1.82, 2.24) is 15.0 Å². The van der Waals surface area contributed by atoms with E-state index in [1.165, 1.54) is 35.7 Å². The zero-order valence-electron chi connectivity index (χ0n) is 17.8. The summed E-state index contributed by atoms with van der Waals surface area (Å²) in [5.74, 6) is -1.17. The molecule has 1 saturated heterocycles. The lowest BCUT2D eigenvalue weighted by atomic mass is 10.0. The van der Waals surface area contributed by atoms with Crippen molar-refractivity contribution in [3.05, 3.63) is 47.1 Å². The van der Waals surface area contributed by atoms with E-state index in [0.717, 1.165) is 6.07 Å². The van der Waals surface area contributed by atoms with Gasteiger partial charge in [-0.3, -0.25) is 0 Å². The zero-order chi connectivity index (χ0) is 25.4. The van der Waals surface area contributed by atoms with Crippen molar-refractivity contribution >= 4 is 38.1 Å². The van der Waals surface area contributed by atoms with E-state index in [1.807, 2.05) is 4.90 Å². The van der Waals surface area contributed by atoms with Gasteiger partial charge in [0.05, 0.1) is 35.9 Å². The molecule has 4 rings (SSSR count). The molecule has 0 bridgehead atoms. The fourth-order valence-electron chi connectivity index (χ4n) is 3.61. The van der Waals surface area contributed by atoms with Crippen molar-refractivity contribution in [3.8, 4) is 21.8 Å². The first-order chi connectivity index (χ1) is 16.4. The SMILES string of the molecule is NS(=O)(=O)C(CC(F)(F)F)c1cccc(-c2nc(N3CCOCC3)sc2-c2ccnc(Cl)n2)c1F. The number of rotatable bonds is 6. The van der Waals surface area contributed by atoms with Crippen LogP contribution in [0.25, 0.3) is 21.8 Å². The summed E-state index contributed by atoms with van der Waals surface area (Å²) in [4.78, 5) is 14.8. The van der Waals surface area contributed by atoms with Crippen molar-refractivity contribution in [3.63, 3.8) is 0 Å². The maximum absolute atomic E-state index is 15.7. The Bertz CT molecular complexity index is 1330. The summed E-state index contributed by atoms with van der Waals surface area (Å²) in [5, 5.41) is 3.18. The monoisotopic (exact) mass is 551 g/mol. The number of primary sulfonamides is 1. The van der Waals surface area contributed by atoms with Gasteiger partial charge in [0.15, 0.2) is 5.13 Å². The largest absolute Gasteiger partial charge is 0.390 e. The lowest BCUT2D eigenvalue weighted by molar-refractivity contribution is -0.135. The molecule has 3 aromatic rings. The van der Waals surface area contributed by atoms with E-state index in [-0.39, 0.29) is 16.5 Å². The molecule has 2 aromatic heterocycles. The fraction of sp³-hybridized carbons (Fsp3) is 0.350. The summed E-state index contributed by atoms with van der Waals surface area (Å²) in [6, 6.07) is 5.06. The number of nitrogens with two attached hydrogens (primary N) is 1. The van der Waals surface area contributed by atoms with Gasteiger partial charge < -0.3 is 9.64 Å². The lowest BCUT2D eigenvalue weighted by Gasteiger charge is -2.26. The Balaban J connectivity index is 1.88. The lowest BCUT2D eigenvalue weighted by Crippen LogP contribution is -2.36. The van der Waals surface area contributed by atoms with Gasteiger partial charge in [-0.2, -0.15) is 13.2 Å². The Morgan fingerprint density at radius 3 is 2.54 bits per heavy atom. The topological polar surface area (TPSA) is 111 Å². The van der Waals surface area contributed by atoms with Crippen LogP contribution in [0.5, 0.6) is 0 Å². The van der Waals surface area contributed by atoms with E-state index in [4.69, 9.17) is 21.5 Å². The van der Waals surface area contributed by atoms with Crippen LogP contribution in [0.3, 0.4) is 0 Å². The Kier molecular flexibility index (Phi) is 7.29. The number of sulfonamides is 1. The van der Waals surface area contributed by atoms with Gasteiger partial charge in [0.2, 0.25) is 15.3 Å². The van der Waals surface area contributed by atoms with Gasteiger partial charge in [0, 0.05) is 30.4 Å². The Labute approximate surface area is 206 Å². The summed E-state index contributed by atoms with van der Waals surface area (Å²) >= 11 is 7.11. The minimum Gasteiger partial charge on any atom is -0.378 e. The molecule has 0 spiro atoms. The molecular weight excluding hydrogens is 534 g/mol. The third kappa shape index (κ3) is 5.89. The highest BCUT2D eigenvalue weighted by Gasteiger charge is 2.40. The molecule has 1 aromatic carbocycles. The van der Waals surface area contributed by atoms with Gasteiger partial charge in [-0.15, -0.1) is 0 Å². The first-order valence-electron chi connectivity index (χ1n) is 10.1. The summed E-state index contributed by atoms with van der Waals surface area (Å²) < 4.78 is 84.4. The van der Waals surface area contributed by atoms with Crippen LogP contribution in [0, 0.1) is 5.82 Å². The minimum absolute atomic E-state index is 0.0662. The van der Waals surface area contributed by atoms with Gasteiger partial charge in [-0.25, -0.2) is 32.9 Å². The molecule has 1 aliphatic heterocycles. The Morgan fingerprint density at radius 1 is 1.20 bits per heavy atom. The van der Waals surface area contributed by atoms with Crippen molar-refractivity contribution < 1.29 is 30.7 Å². The van der Waals surface area contributed by atoms with Crippen LogP contribution in [0.4, 0.5) is 22.7 Å². The zero-order valence-corrected chi connectivity index (χ0v) is 20.2. The fourth-order valence-corrected chi connectivity index (χ4v) is 5.82. The second-order valence-electron chi connectivity index (χ2n) is 7.59. The average Bonchev–Trinajstić information content (AvgIpc) is 3.22. The molecule has 0 aliphatic carbocycles. The molecule has 0 saturated carbocycles. The number of benzene rings is 1. The van der Waals surface area contributed by atoms with Crippen molar-refractivity contribution in [1.29, 1.82) is 0 Å². The van der Waals surface area contributed by atoms with Crippen LogP contribution in [-0.2, 0) is 14.8 Å². The van der Waals surface area contributed by atoms with Crippen LogP contribution in [-0.4, -0.2) is 55.8 Å². The van der Waals surface area contributed by atoms with Crippen LogP contribution >= 0.6 is 22.9 Å². The number of ether oxygens (including phenoxy) is 1. The van der Waals surface area contributed by atoms with E-state index < -0.39 is 39.3 Å². The molecule has 2 N–H and O–H groups in total. The predicted octanol–water partition coefficient (Wildman–Crippen LogP) is 4.18. The molecule has 3 heterocycles. The number of alkyl halides is 3. The predicted molar refractivity (Wildman–Crippen MR) is 123 cm³/mol. The number of morpholine rings is 1. The normalized spacial score (nSPS) is 15.9. The van der Waals surface area contributed by atoms with E-state index in [0.29, 0.717) is 42.0 Å². The van der Waals surface area contributed by atoms with Crippen molar-refractivity contribution in [2.24, 2.45) is 5.14 Å². The van der Waals surface area contributed by atoms with Gasteiger partial charge >= 0.3 is 6.18 Å². The number of halogens is 5. The maximum Gasteiger partial charge on any atom is 0.390 e. The number of nitrogens with zero attached hydrogens (tertiary/aromatic N) is 4. The summed E-state index contributed by atoms with van der Waals surface area (Å²) in [7, 11) is -4.79. The van der Waals surface area contributed by atoms with Gasteiger partial charge in [0.1, 0.15) is 11.1 Å². The molecular formula is C20H18ClF4N5O3S2. The van der Waals surface area contributed by atoms with Gasteiger partial charge in [-0.1, -0.05) is 23.5 Å². The first-order valence-corrected chi connectivity index (χ1v) is 12.9. The third-order valence-electron chi connectivity index (χ3n) is 5.20. The molecule has 1 unspecified atom stereocenters.